The number of esters is 1. The van der Waals surface area contributed by atoms with Crippen molar-refractivity contribution in [1.82, 2.24) is 0 Å². The Morgan fingerprint density at radius 2 is 1.58 bits per heavy atom. The number of hydrogen-bond donors (Lipinski definition) is 0. The minimum atomic E-state index is -0.384. The van der Waals surface area contributed by atoms with Crippen molar-refractivity contribution >= 4 is 5.97 Å². The molecular weight excluding hydrogens is 236 g/mol. The Kier molecular flexibility index (Phi) is 5.88. The van der Waals surface area contributed by atoms with Gasteiger partial charge in [0.2, 0.25) is 0 Å². The van der Waals surface area contributed by atoms with Gasteiger partial charge in [-0.15, -0.1) is 0 Å². The molecule has 1 aliphatic carbocycles. The van der Waals surface area contributed by atoms with Crippen molar-refractivity contribution in [2.75, 3.05) is 0 Å². The minimum absolute atomic E-state index is 0.00933. The molecule has 0 heterocycles. The molecule has 1 fully saturated rings. The Morgan fingerprint density at radius 1 is 1.11 bits per heavy atom. The average Bonchev–Trinajstić information content (AvgIpc) is 2.32. The predicted molar refractivity (Wildman–Crippen MR) is 80.1 cm³/mol. The van der Waals surface area contributed by atoms with Crippen LogP contribution in [0.5, 0.6) is 0 Å². The minimum Gasteiger partial charge on any atom is -0.459 e. The number of hydrogen-bond acceptors (Lipinski definition) is 2. The summed E-state index contributed by atoms with van der Waals surface area (Å²) in [5.74, 6) is 0.299. The lowest BCUT2D eigenvalue weighted by Crippen LogP contribution is -2.41. The van der Waals surface area contributed by atoms with Gasteiger partial charge < -0.3 is 4.74 Å². The van der Waals surface area contributed by atoms with Gasteiger partial charge in [0.05, 0.1) is 5.41 Å². The highest BCUT2D eigenvalue weighted by atomic mass is 16.6. The van der Waals surface area contributed by atoms with Crippen molar-refractivity contribution in [3.63, 3.8) is 0 Å². The zero-order valence-corrected chi connectivity index (χ0v) is 13.6. The first-order valence-electron chi connectivity index (χ1n) is 8.07. The van der Waals surface area contributed by atoms with Crippen LogP contribution in [0.15, 0.2) is 0 Å². The number of ether oxygens (including phenoxy) is 1. The predicted octanol–water partition coefficient (Wildman–Crippen LogP) is 5.10. The smallest absolute Gasteiger partial charge is 0.312 e. The molecule has 0 unspecified atom stereocenters. The number of carbonyl (C=O) groups excluding carboxylic acids is 1. The molecule has 0 aromatic carbocycles. The Bertz CT molecular complexity index is 284. The zero-order valence-electron chi connectivity index (χ0n) is 13.6. The monoisotopic (exact) mass is 268 g/mol. The van der Waals surface area contributed by atoms with Crippen molar-refractivity contribution in [3.8, 4) is 0 Å². The van der Waals surface area contributed by atoms with Gasteiger partial charge in [-0.05, 0) is 51.9 Å². The lowest BCUT2D eigenvalue weighted by atomic mass is 9.80. The third kappa shape index (κ3) is 4.22. The van der Waals surface area contributed by atoms with E-state index < -0.39 is 0 Å². The molecule has 0 atom stereocenters. The summed E-state index contributed by atoms with van der Waals surface area (Å²) in [6.45, 7) is 10.4. The van der Waals surface area contributed by atoms with Gasteiger partial charge in [-0.1, -0.05) is 40.0 Å². The van der Waals surface area contributed by atoms with Crippen molar-refractivity contribution in [1.29, 1.82) is 0 Å². The SMILES string of the molecule is CCC1(OC(=O)C(C)(C)C(C)C)CCCCCCC1. The molecule has 1 aliphatic rings. The molecule has 0 radical (unpaired) electrons. The molecule has 0 aromatic rings. The van der Waals surface area contributed by atoms with E-state index in [9.17, 15) is 4.79 Å². The van der Waals surface area contributed by atoms with Gasteiger partial charge in [-0.2, -0.15) is 0 Å². The first-order chi connectivity index (χ1) is 8.84. The second kappa shape index (κ2) is 6.76. The highest BCUT2D eigenvalue weighted by Crippen LogP contribution is 2.36. The standard InChI is InChI=1S/C17H32O2/c1-6-17(12-10-8-7-9-11-13-17)19-15(18)16(4,5)14(2)3/h14H,6-13H2,1-5H3. The third-order valence-electron chi connectivity index (χ3n) is 5.19. The molecule has 0 bridgehead atoms. The summed E-state index contributed by atoms with van der Waals surface area (Å²) in [5.41, 5.74) is -0.575. The zero-order chi connectivity index (χ0) is 14.5. The fraction of sp³-hybridized carbons (Fsp3) is 0.941. The van der Waals surface area contributed by atoms with Gasteiger partial charge >= 0.3 is 5.97 Å². The Morgan fingerprint density at radius 3 is 2.00 bits per heavy atom. The number of carbonyl (C=O) groups is 1. The van der Waals surface area contributed by atoms with Crippen LogP contribution in [0.25, 0.3) is 0 Å². The second-order valence-electron chi connectivity index (χ2n) is 7.07. The Hall–Kier alpha value is -0.530. The average molecular weight is 268 g/mol. The highest BCUT2D eigenvalue weighted by Gasteiger charge is 2.39. The van der Waals surface area contributed by atoms with E-state index in [2.05, 4.69) is 20.8 Å². The van der Waals surface area contributed by atoms with Crippen LogP contribution >= 0.6 is 0 Å². The van der Waals surface area contributed by atoms with E-state index in [4.69, 9.17) is 4.74 Å². The summed E-state index contributed by atoms with van der Waals surface area (Å²) < 4.78 is 6.05. The molecule has 1 rings (SSSR count). The van der Waals surface area contributed by atoms with Crippen molar-refractivity contribution in [2.24, 2.45) is 11.3 Å². The molecule has 0 aliphatic heterocycles. The van der Waals surface area contributed by atoms with Crippen molar-refractivity contribution < 1.29 is 9.53 Å². The second-order valence-corrected chi connectivity index (χ2v) is 7.07. The molecule has 1 saturated carbocycles. The van der Waals surface area contributed by atoms with Crippen LogP contribution in [0.2, 0.25) is 0 Å². The molecule has 0 spiro atoms. The largest absolute Gasteiger partial charge is 0.459 e. The summed E-state index contributed by atoms with van der Waals surface area (Å²) in [4.78, 5) is 12.5. The maximum atomic E-state index is 12.5. The van der Waals surface area contributed by atoms with E-state index in [1.54, 1.807) is 0 Å². The topological polar surface area (TPSA) is 26.3 Å². The lowest BCUT2D eigenvalue weighted by Gasteiger charge is -2.38. The maximum Gasteiger partial charge on any atom is 0.312 e. The van der Waals surface area contributed by atoms with E-state index in [0.29, 0.717) is 5.92 Å². The molecule has 19 heavy (non-hydrogen) atoms. The van der Waals surface area contributed by atoms with Crippen molar-refractivity contribution in [2.45, 2.75) is 91.6 Å². The molecular formula is C17H32O2. The normalized spacial score (nSPS) is 20.7. The maximum absolute atomic E-state index is 12.5. The number of rotatable bonds is 4. The van der Waals surface area contributed by atoms with Gasteiger partial charge in [0.25, 0.3) is 0 Å². The quantitative estimate of drug-likeness (QED) is 0.663. The van der Waals surface area contributed by atoms with Crippen LogP contribution in [0, 0.1) is 11.3 Å². The van der Waals surface area contributed by atoms with E-state index in [-0.39, 0.29) is 17.0 Å². The lowest BCUT2D eigenvalue weighted by molar-refractivity contribution is -0.176. The molecule has 2 nitrogen and oxygen atoms in total. The van der Waals surface area contributed by atoms with Crippen LogP contribution in [0.4, 0.5) is 0 Å². The molecule has 2 heteroatoms. The molecule has 0 saturated heterocycles. The van der Waals surface area contributed by atoms with E-state index >= 15 is 0 Å². The van der Waals surface area contributed by atoms with E-state index in [1.807, 2.05) is 13.8 Å². The van der Waals surface area contributed by atoms with Gasteiger partial charge in [-0.3, -0.25) is 4.79 Å². The molecule has 0 N–H and O–H groups in total. The van der Waals surface area contributed by atoms with Crippen LogP contribution in [-0.2, 0) is 9.53 Å². The first kappa shape index (κ1) is 16.5. The van der Waals surface area contributed by atoms with Crippen molar-refractivity contribution in [3.05, 3.63) is 0 Å². The first-order valence-corrected chi connectivity index (χ1v) is 8.07. The van der Waals surface area contributed by atoms with Crippen LogP contribution in [0.1, 0.15) is 86.0 Å². The Balaban J connectivity index is 2.76. The van der Waals surface area contributed by atoms with Crippen LogP contribution in [-0.4, -0.2) is 11.6 Å². The molecule has 0 aromatic heterocycles. The summed E-state index contributed by atoms with van der Waals surface area (Å²) in [5, 5.41) is 0. The van der Waals surface area contributed by atoms with Gasteiger partial charge in [-0.25, -0.2) is 0 Å². The van der Waals surface area contributed by atoms with E-state index in [0.717, 1.165) is 19.3 Å². The molecule has 0 amide bonds. The molecule has 112 valence electrons. The summed E-state index contributed by atoms with van der Waals surface area (Å²) in [6, 6.07) is 0. The summed E-state index contributed by atoms with van der Waals surface area (Å²) in [7, 11) is 0. The van der Waals surface area contributed by atoms with Gasteiger partial charge in [0.1, 0.15) is 5.60 Å². The summed E-state index contributed by atoms with van der Waals surface area (Å²) >= 11 is 0. The fourth-order valence-corrected chi connectivity index (χ4v) is 2.64. The fourth-order valence-electron chi connectivity index (χ4n) is 2.64. The highest BCUT2D eigenvalue weighted by molar-refractivity contribution is 5.76. The Labute approximate surface area is 119 Å². The van der Waals surface area contributed by atoms with Crippen LogP contribution < -0.4 is 0 Å². The van der Waals surface area contributed by atoms with E-state index in [1.165, 1.54) is 32.1 Å². The summed E-state index contributed by atoms with van der Waals surface area (Å²) in [6.07, 6.45) is 9.34. The third-order valence-corrected chi connectivity index (χ3v) is 5.19. The van der Waals surface area contributed by atoms with Gasteiger partial charge in [0.15, 0.2) is 0 Å². The van der Waals surface area contributed by atoms with Gasteiger partial charge in [0, 0.05) is 0 Å². The van der Waals surface area contributed by atoms with Crippen LogP contribution in [0.3, 0.4) is 0 Å².